The second-order valence-corrected chi connectivity index (χ2v) is 6.68. The minimum atomic E-state index is -0.274. The van der Waals surface area contributed by atoms with Gasteiger partial charge in [0.05, 0.1) is 13.1 Å². The van der Waals surface area contributed by atoms with Crippen LogP contribution in [-0.4, -0.2) is 40.4 Å². The van der Waals surface area contributed by atoms with Gasteiger partial charge in [-0.1, -0.05) is 6.42 Å². The Morgan fingerprint density at radius 3 is 2.75 bits per heavy atom. The van der Waals surface area contributed by atoms with Crippen LogP contribution in [0.2, 0.25) is 0 Å². The van der Waals surface area contributed by atoms with Crippen molar-refractivity contribution in [1.29, 1.82) is 0 Å². The van der Waals surface area contributed by atoms with E-state index in [4.69, 9.17) is 4.74 Å². The quantitative estimate of drug-likeness (QED) is 0.361. The minimum Gasteiger partial charge on any atom is -0.489 e. The van der Waals surface area contributed by atoms with Crippen molar-refractivity contribution in [3.05, 3.63) is 41.7 Å². The number of aryl methyl sites for hydroxylation is 1. The summed E-state index contributed by atoms with van der Waals surface area (Å²) in [7, 11) is 1.73. The second kappa shape index (κ2) is 11.2. The molecule has 3 rings (SSSR count). The molecule has 1 atom stereocenters. The number of nitrogens with one attached hydrogen (secondary N) is 2. The lowest BCUT2D eigenvalue weighted by Crippen LogP contribution is -2.41. The highest BCUT2D eigenvalue weighted by Crippen LogP contribution is 2.14. The number of aliphatic imine (C=N–C) groups is 1. The standard InChI is InChI=1S/C19H27FN6O.HI/c1-14(27-16-9-7-15(20)8-10-16)12-22-19(21-2)23-13-18-25-24-17-6-4-3-5-11-26(17)18;/h7-10,14H,3-6,11-13H2,1-2H3,(H2,21,22,23);1H. The molecule has 0 bridgehead atoms. The molecule has 1 aromatic heterocycles. The van der Waals surface area contributed by atoms with Gasteiger partial charge in [0.25, 0.3) is 0 Å². The van der Waals surface area contributed by atoms with Crippen LogP contribution in [0.15, 0.2) is 29.3 Å². The third-order valence-corrected chi connectivity index (χ3v) is 4.53. The van der Waals surface area contributed by atoms with Crippen LogP contribution in [0.25, 0.3) is 0 Å². The predicted octanol–water partition coefficient (Wildman–Crippen LogP) is 2.89. The maximum Gasteiger partial charge on any atom is 0.191 e. The number of ether oxygens (including phenoxy) is 1. The van der Waals surface area contributed by atoms with Crippen molar-refractivity contribution in [2.24, 2.45) is 4.99 Å². The van der Waals surface area contributed by atoms with E-state index in [-0.39, 0.29) is 35.9 Å². The van der Waals surface area contributed by atoms with Crippen molar-refractivity contribution in [3.63, 3.8) is 0 Å². The molecule has 1 aliphatic rings. The van der Waals surface area contributed by atoms with Crippen molar-refractivity contribution < 1.29 is 9.13 Å². The number of hydrogen-bond donors (Lipinski definition) is 2. The zero-order chi connectivity index (χ0) is 19.1. The normalized spacial score (nSPS) is 15.0. The third kappa shape index (κ3) is 6.32. The van der Waals surface area contributed by atoms with Crippen LogP contribution in [0.5, 0.6) is 5.75 Å². The van der Waals surface area contributed by atoms with Crippen molar-refractivity contribution >= 4 is 29.9 Å². The van der Waals surface area contributed by atoms with Crippen LogP contribution in [0, 0.1) is 5.82 Å². The first-order valence-corrected chi connectivity index (χ1v) is 9.43. The van der Waals surface area contributed by atoms with Gasteiger partial charge in [0.15, 0.2) is 11.8 Å². The third-order valence-electron chi connectivity index (χ3n) is 4.53. The molecule has 154 valence electrons. The number of halogens is 2. The Balaban J connectivity index is 0.00000280. The van der Waals surface area contributed by atoms with Crippen molar-refractivity contribution in [2.45, 2.75) is 51.8 Å². The van der Waals surface area contributed by atoms with Gasteiger partial charge in [-0.25, -0.2) is 4.39 Å². The lowest BCUT2D eigenvalue weighted by Gasteiger charge is -2.18. The summed E-state index contributed by atoms with van der Waals surface area (Å²) in [6, 6.07) is 6.01. The molecule has 0 saturated carbocycles. The van der Waals surface area contributed by atoms with Crippen molar-refractivity contribution in [3.8, 4) is 5.75 Å². The van der Waals surface area contributed by atoms with Gasteiger partial charge in [0.2, 0.25) is 0 Å². The van der Waals surface area contributed by atoms with Gasteiger partial charge in [-0.05, 0) is 44.0 Å². The van der Waals surface area contributed by atoms with Gasteiger partial charge in [0.1, 0.15) is 23.5 Å². The summed E-state index contributed by atoms with van der Waals surface area (Å²) in [5.74, 6) is 3.05. The van der Waals surface area contributed by atoms with Crippen LogP contribution in [0.4, 0.5) is 4.39 Å². The fourth-order valence-electron chi connectivity index (χ4n) is 3.09. The van der Waals surface area contributed by atoms with E-state index in [9.17, 15) is 4.39 Å². The fourth-order valence-corrected chi connectivity index (χ4v) is 3.09. The Bertz CT molecular complexity index is 764. The molecule has 2 aromatic rings. The molecular formula is C19H28FIN6O. The molecule has 1 unspecified atom stereocenters. The molecule has 28 heavy (non-hydrogen) atoms. The van der Waals surface area contributed by atoms with Crippen molar-refractivity contribution in [1.82, 2.24) is 25.4 Å². The summed E-state index contributed by atoms with van der Waals surface area (Å²) in [5.41, 5.74) is 0. The van der Waals surface area contributed by atoms with E-state index in [0.29, 0.717) is 24.8 Å². The molecule has 1 aromatic carbocycles. The number of nitrogens with zero attached hydrogens (tertiary/aromatic N) is 4. The minimum absolute atomic E-state index is 0. The largest absolute Gasteiger partial charge is 0.489 e. The van der Waals surface area contributed by atoms with Gasteiger partial charge in [-0.3, -0.25) is 4.99 Å². The molecule has 0 amide bonds. The fraction of sp³-hybridized carbons (Fsp3) is 0.526. The maximum absolute atomic E-state index is 12.9. The van der Waals surface area contributed by atoms with Crippen LogP contribution in [0.1, 0.15) is 37.8 Å². The first kappa shape index (κ1) is 22.4. The van der Waals surface area contributed by atoms with Crippen LogP contribution < -0.4 is 15.4 Å². The molecule has 9 heteroatoms. The van der Waals surface area contributed by atoms with E-state index >= 15 is 0 Å². The zero-order valence-corrected chi connectivity index (χ0v) is 18.7. The average Bonchev–Trinajstić information content (AvgIpc) is 2.90. The number of rotatable bonds is 6. The molecule has 0 radical (unpaired) electrons. The Hall–Kier alpha value is -1.91. The Kier molecular flexibility index (Phi) is 8.94. The van der Waals surface area contributed by atoms with E-state index in [2.05, 4.69) is 30.4 Å². The molecular weight excluding hydrogens is 474 g/mol. The number of aromatic nitrogens is 3. The van der Waals surface area contributed by atoms with Crippen LogP contribution >= 0.6 is 24.0 Å². The molecule has 0 aliphatic carbocycles. The summed E-state index contributed by atoms with van der Waals surface area (Å²) in [4.78, 5) is 4.24. The molecule has 0 spiro atoms. The van der Waals surface area contributed by atoms with Crippen molar-refractivity contribution in [2.75, 3.05) is 13.6 Å². The molecule has 2 N–H and O–H groups in total. The van der Waals surface area contributed by atoms with Gasteiger partial charge in [0, 0.05) is 20.0 Å². The summed E-state index contributed by atoms with van der Waals surface area (Å²) in [6.07, 6.45) is 4.49. The number of hydrogen-bond acceptors (Lipinski definition) is 4. The average molecular weight is 502 g/mol. The van der Waals surface area contributed by atoms with Gasteiger partial charge in [-0.2, -0.15) is 0 Å². The predicted molar refractivity (Wildman–Crippen MR) is 118 cm³/mol. The molecule has 7 nitrogen and oxygen atoms in total. The lowest BCUT2D eigenvalue weighted by molar-refractivity contribution is 0.223. The van der Waals surface area contributed by atoms with E-state index < -0.39 is 0 Å². The highest BCUT2D eigenvalue weighted by atomic mass is 127. The highest BCUT2D eigenvalue weighted by molar-refractivity contribution is 14.0. The van der Waals surface area contributed by atoms with Gasteiger partial charge < -0.3 is 19.9 Å². The Labute approximate surface area is 182 Å². The highest BCUT2D eigenvalue weighted by Gasteiger charge is 2.15. The summed E-state index contributed by atoms with van der Waals surface area (Å²) < 4.78 is 20.9. The number of fused-ring (bicyclic) bond motifs is 1. The first-order valence-electron chi connectivity index (χ1n) is 9.43. The van der Waals surface area contributed by atoms with Gasteiger partial charge >= 0.3 is 0 Å². The lowest BCUT2D eigenvalue weighted by atomic mass is 10.2. The summed E-state index contributed by atoms with van der Waals surface area (Å²) in [5, 5.41) is 15.1. The topological polar surface area (TPSA) is 76.4 Å². The molecule has 2 heterocycles. The summed E-state index contributed by atoms with van der Waals surface area (Å²) in [6.45, 7) is 4.06. The maximum atomic E-state index is 12.9. The zero-order valence-electron chi connectivity index (χ0n) is 16.3. The van der Waals surface area contributed by atoms with E-state index in [1.54, 1.807) is 19.2 Å². The van der Waals surface area contributed by atoms with E-state index in [1.165, 1.54) is 31.4 Å². The first-order chi connectivity index (χ1) is 13.2. The smallest absolute Gasteiger partial charge is 0.191 e. The summed E-state index contributed by atoms with van der Waals surface area (Å²) >= 11 is 0. The van der Waals surface area contributed by atoms with Crippen LogP contribution in [-0.2, 0) is 19.5 Å². The SMILES string of the molecule is CN=C(NCc1nnc2n1CCCCC2)NCC(C)Oc1ccc(F)cc1.I. The second-order valence-electron chi connectivity index (χ2n) is 6.68. The monoisotopic (exact) mass is 502 g/mol. The van der Waals surface area contributed by atoms with E-state index in [0.717, 1.165) is 24.6 Å². The molecule has 1 aliphatic heterocycles. The van der Waals surface area contributed by atoms with E-state index in [1.807, 2.05) is 6.92 Å². The Morgan fingerprint density at radius 1 is 1.21 bits per heavy atom. The van der Waals surface area contributed by atoms with Gasteiger partial charge in [-0.15, -0.1) is 34.2 Å². The molecule has 0 fully saturated rings. The molecule has 0 saturated heterocycles. The number of guanidine groups is 1. The Morgan fingerprint density at radius 2 is 2.00 bits per heavy atom. The number of benzene rings is 1. The van der Waals surface area contributed by atoms with Crippen LogP contribution in [0.3, 0.4) is 0 Å².